The van der Waals surface area contributed by atoms with E-state index >= 15 is 0 Å². The molecular weight excluding hydrogens is 366 g/mol. The molecule has 3 rings (SSSR count). The molecule has 2 heterocycles. The minimum absolute atomic E-state index is 0.227. The second kappa shape index (κ2) is 7.15. The molecule has 1 aliphatic rings. The lowest BCUT2D eigenvalue weighted by molar-refractivity contribution is 0.203. The van der Waals surface area contributed by atoms with Crippen LogP contribution in [0.1, 0.15) is 12.0 Å². The third kappa shape index (κ3) is 3.86. The van der Waals surface area contributed by atoms with E-state index in [1.165, 1.54) is 17.5 Å². The molecule has 1 aliphatic heterocycles. The summed E-state index contributed by atoms with van der Waals surface area (Å²) in [6, 6.07) is 8.14. The van der Waals surface area contributed by atoms with Gasteiger partial charge in [-0.05, 0) is 31.0 Å². The molecule has 0 amide bonds. The Kier molecular flexibility index (Phi) is 5.12. The van der Waals surface area contributed by atoms with E-state index in [1.54, 1.807) is 31.2 Å². The lowest BCUT2D eigenvalue weighted by Crippen LogP contribution is -2.31. The zero-order valence-corrected chi connectivity index (χ0v) is 15.4. The van der Waals surface area contributed by atoms with Gasteiger partial charge in [0.1, 0.15) is 6.10 Å². The Balaban J connectivity index is 1.72. The molecule has 25 heavy (non-hydrogen) atoms. The summed E-state index contributed by atoms with van der Waals surface area (Å²) in [7, 11) is -2.11. The molecule has 0 saturated carbocycles. The number of sulfonamides is 1. The molecule has 0 aliphatic carbocycles. The van der Waals surface area contributed by atoms with Crippen molar-refractivity contribution in [1.29, 1.82) is 0 Å². The van der Waals surface area contributed by atoms with Crippen LogP contribution in [0.2, 0.25) is 5.02 Å². The van der Waals surface area contributed by atoms with Crippen molar-refractivity contribution in [2.75, 3.05) is 20.2 Å². The molecule has 1 aromatic carbocycles. The third-order valence-electron chi connectivity index (χ3n) is 3.99. The summed E-state index contributed by atoms with van der Waals surface area (Å²) in [5.74, 6) is 0.725. The predicted molar refractivity (Wildman–Crippen MR) is 92.6 cm³/mol. The molecule has 0 bridgehead atoms. The van der Waals surface area contributed by atoms with Crippen molar-refractivity contribution in [2.24, 2.45) is 0 Å². The summed E-state index contributed by atoms with van der Waals surface area (Å²) in [6.45, 7) is 2.38. The van der Waals surface area contributed by atoms with Gasteiger partial charge in [0, 0.05) is 23.7 Å². The Morgan fingerprint density at radius 1 is 1.20 bits per heavy atom. The monoisotopic (exact) mass is 383 g/mol. The molecule has 0 N–H and O–H groups in total. The summed E-state index contributed by atoms with van der Waals surface area (Å²) >= 11 is 5.96. The van der Waals surface area contributed by atoms with Crippen LogP contribution < -0.4 is 9.47 Å². The number of hydrogen-bond acceptors (Lipinski definition) is 6. The van der Waals surface area contributed by atoms with Gasteiger partial charge in [-0.25, -0.2) is 8.42 Å². The fraction of sp³-hybridized carbons (Fsp3) is 0.375. The van der Waals surface area contributed by atoms with E-state index in [-0.39, 0.29) is 17.5 Å². The molecule has 1 atom stereocenters. The highest BCUT2D eigenvalue weighted by Gasteiger charge is 2.34. The number of aryl methyl sites for hydroxylation is 1. The van der Waals surface area contributed by atoms with Gasteiger partial charge in [0.05, 0.1) is 18.6 Å². The maximum absolute atomic E-state index is 12.9. The van der Waals surface area contributed by atoms with Crippen molar-refractivity contribution in [3.05, 3.63) is 40.9 Å². The summed E-state index contributed by atoms with van der Waals surface area (Å²) in [5, 5.41) is 8.13. The minimum atomic E-state index is -3.61. The number of benzene rings is 1. The van der Waals surface area contributed by atoms with E-state index in [0.29, 0.717) is 35.3 Å². The Hall–Kier alpha value is -1.90. The number of halogens is 1. The first-order chi connectivity index (χ1) is 11.9. The van der Waals surface area contributed by atoms with Gasteiger partial charge < -0.3 is 9.47 Å². The number of hydrogen-bond donors (Lipinski definition) is 0. The first-order valence-electron chi connectivity index (χ1n) is 7.71. The Labute approximate surface area is 151 Å². The number of methoxy groups -OCH3 is 1. The average Bonchev–Trinajstić information content (AvgIpc) is 3.07. The topological polar surface area (TPSA) is 81.6 Å². The predicted octanol–water partition coefficient (Wildman–Crippen LogP) is 2.29. The van der Waals surface area contributed by atoms with Crippen LogP contribution in [0.15, 0.2) is 35.2 Å². The van der Waals surface area contributed by atoms with Gasteiger partial charge in [-0.1, -0.05) is 17.7 Å². The van der Waals surface area contributed by atoms with Crippen LogP contribution in [0, 0.1) is 6.92 Å². The molecule has 1 unspecified atom stereocenters. The van der Waals surface area contributed by atoms with Crippen LogP contribution in [0.25, 0.3) is 0 Å². The average molecular weight is 384 g/mol. The molecule has 0 radical (unpaired) electrons. The van der Waals surface area contributed by atoms with Gasteiger partial charge in [0.25, 0.3) is 0 Å². The van der Waals surface area contributed by atoms with E-state index in [0.717, 1.165) is 0 Å². The van der Waals surface area contributed by atoms with Crippen LogP contribution in [-0.4, -0.2) is 49.2 Å². The van der Waals surface area contributed by atoms with Gasteiger partial charge in [-0.2, -0.15) is 4.31 Å². The standard InChI is InChI=1S/C16H18ClN3O4S/c1-11-3-4-12(17)9-14(11)25(21,22)20-8-7-13(10-20)24-16-6-5-15(23-2)18-19-16/h3-6,9,13H,7-8,10H2,1-2H3. The third-order valence-corrected chi connectivity index (χ3v) is 6.23. The van der Waals surface area contributed by atoms with Crippen molar-refractivity contribution in [2.45, 2.75) is 24.3 Å². The van der Waals surface area contributed by atoms with Crippen molar-refractivity contribution < 1.29 is 17.9 Å². The van der Waals surface area contributed by atoms with Crippen molar-refractivity contribution in [1.82, 2.24) is 14.5 Å². The SMILES string of the molecule is COc1ccc(OC2CCN(S(=O)(=O)c3cc(Cl)ccc3C)C2)nn1. The van der Waals surface area contributed by atoms with Gasteiger partial charge >= 0.3 is 0 Å². The fourth-order valence-electron chi connectivity index (χ4n) is 2.65. The van der Waals surface area contributed by atoms with Gasteiger partial charge in [-0.3, -0.25) is 0 Å². The molecule has 1 aromatic heterocycles. The smallest absolute Gasteiger partial charge is 0.243 e. The van der Waals surface area contributed by atoms with E-state index in [2.05, 4.69) is 10.2 Å². The van der Waals surface area contributed by atoms with Gasteiger partial charge in [0.15, 0.2) is 0 Å². The zero-order chi connectivity index (χ0) is 18.0. The lowest BCUT2D eigenvalue weighted by Gasteiger charge is -2.18. The first-order valence-corrected chi connectivity index (χ1v) is 9.52. The van der Waals surface area contributed by atoms with Crippen molar-refractivity contribution >= 4 is 21.6 Å². The highest BCUT2D eigenvalue weighted by Crippen LogP contribution is 2.27. The zero-order valence-electron chi connectivity index (χ0n) is 13.8. The first kappa shape index (κ1) is 17.9. The second-order valence-electron chi connectivity index (χ2n) is 5.72. The molecule has 2 aromatic rings. The summed E-state index contributed by atoms with van der Waals surface area (Å²) in [5.41, 5.74) is 0.662. The summed E-state index contributed by atoms with van der Waals surface area (Å²) in [4.78, 5) is 0.227. The quantitative estimate of drug-likeness (QED) is 0.787. The van der Waals surface area contributed by atoms with E-state index in [9.17, 15) is 8.42 Å². The second-order valence-corrected chi connectivity index (χ2v) is 8.06. The van der Waals surface area contributed by atoms with Crippen LogP contribution in [0.4, 0.5) is 0 Å². The molecule has 134 valence electrons. The van der Waals surface area contributed by atoms with Gasteiger partial charge in [0.2, 0.25) is 21.8 Å². The normalized spacial score (nSPS) is 18.3. The number of nitrogens with zero attached hydrogens (tertiary/aromatic N) is 3. The molecule has 0 spiro atoms. The molecular formula is C16H18ClN3O4S. The van der Waals surface area contributed by atoms with Crippen LogP contribution in [-0.2, 0) is 10.0 Å². The molecule has 7 nitrogen and oxygen atoms in total. The fourth-order valence-corrected chi connectivity index (χ4v) is 4.63. The van der Waals surface area contributed by atoms with E-state index < -0.39 is 10.0 Å². The van der Waals surface area contributed by atoms with Crippen LogP contribution in [0.5, 0.6) is 11.8 Å². The van der Waals surface area contributed by atoms with Crippen molar-refractivity contribution in [3.63, 3.8) is 0 Å². The maximum atomic E-state index is 12.9. The van der Waals surface area contributed by atoms with E-state index in [1.807, 2.05) is 0 Å². The van der Waals surface area contributed by atoms with Crippen LogP contribution >= 0.6 is 11.6 Å². The lowest BCUT2D eigenvalue weighted by atomic mass is 10.2. The highest BCUT2D eigenvalue weighted by molar-refractivity contribution is 7.89. The maximum Gasteiger partial charge on any atom is 0.243 e. The van der Waals surface area contributed by atoms with Crippen LogP contribution in [0.3, 0.4) is 0 Å². The molecule has 9 heteroatoms. The largest absolute Gasteiger partial charge is 0.480 e. The molecule has 1 saturated heterocycles. The Bertz CT molecular complexity index is 858. The Morgan fingerprint density at radius 2 is 1.92 bits per heavy atom. The minimum Gasteiger partial charge on any atom is -0.480 e. The number of aromatic nitrogens is 2. The number of ether oxygens (including phenoxy) is 2. The van der Waals surface area contributed by atoms with Gasteiger partial charge in [-0.15, -0.1) is 10.2 Å². The van der Waals surface area contributed by atoms with Crippen molar-refractivity contribution in [3.8, 4) is 11.8 Å². The van der Waals surface area contributed by atoms with E-state index in [4.69, 9.17) is 21.1 Å². The number of rotatable bonds is 5. The highest BCUT2D eigenvalue weighted by atomic mass is 35.5. The molecule has 1 fully saturated rings. The summed E-state index contributed by atoms with van der Waals surface area (Å²) in [6.07, 6.45) is 0.295. The summed E-state index contributed by atoms with van der Waals surface area (Å²) < 4.78 is 37.8. The Morgan fingerprint density at radius 3 is 2.60 bits per heavy atom.